The van der Waals surface area contributed by atoms with Gasteiger partial charge in [-0.25, -0.2) is 0 Å². The van der Waals surface area contributed by atoms with Gasteiger partial charge in [0.25, 0.3) is 0 Å². The van der Waals surface area contributed by atoms with Gasteiger partial charge >= 0.3 is 0 Å². The maximum absolute atomic E-state index is 14.0. The summed E-state index contributed by atoms with van der Waals surface area (Å²) in [4.78, 5) is 57.4. The largest absolute Gasteiger partial charge is 0.349 e. The molecule has 196 valence electrons. The third-order valence-corrected chi connectivity index (χ3v) is 8.33. The molecule has 0 spiro atoms. The molecule has 40 heavy (non-hydrogen) atoms. The second-order valence-electron chi connectivity index (χ2n) is 10.6. The monoisotopic (exact) mass is 527 g/mol. The molecular weight excluding hydrogens is 500 g/mol. The van der Waals surface area contributed by atoms with Crippen LogP contribution in [-0.4, -0.2) is 52.6 Å². The fraction of sp³-hybridized carbons (Fsp3) is 0.206. The van der Waals surface area contributed by atoms with Crippen LogP contribution < -0.4 is 4.90 Å². The van der Waals surface area contributed by atoms with Crippen molar-refractivity contribution in [2.24, 2.45) is 0 Å². The van der Waals surface area contributed by atoms with Crippen LogP contribution in [0.5, 0.6) is 0 Å². The fourth-order valence-corrected chi connectivity index (χ4v) is 6.70. The molecule has 1 heterocycles. The molecule has 0 saturated heterocycles. The van der Waals surface area contributed by atoms with Gasteiger partial charge in [0.2, 0.25) is 17.2 Å². The highest BCUT2D eigenvalue weighted by Gasteiger charge is 2.50. The molecule has 4 aliphatic rings. The Morgan fingerprint density at radius 3 is 1.95 bits per heavy atom. The van der Waals surface area contributed by atoms with Gasteiger partial charge in [-0.15, -0.1) is 0 Å². The Morgan fingerprint density at radius 2 is 1.30 bits per heavy atom. The molecule has 0 amide bonds. The number of benzene rings is 3. The quantitative estimate of drug-likeness (QED) is 0.328. The van der Waals surface area contributed by atoms with E-state index in [0.29, 0.717) is 63.3 Å². The van der Waals surface area contributed by atoms with Gasteiger partial charge in [0.05, 0.1) is 0 Å². The van der Waals surface area contributed by atoms with E-state index in [0.717, 1.165) is 24.2 Å². The summed E-state index contributed by atoms with van der Waals surface area (Å²) in [6.07, 6.45) is 5.25. The van der Waals surface area contributed by atoms with Gasteiger partial charge in [-0.1, -0.05) is 62.4 Å². The van der Waals surface area contributed by atoms with Gasteiger partial charge in [0, 0.05) is 58.0 Å². The Labute approximate surface area is 231 Å². The van der Waals surface area contributed by atoms with Crippen molar-refractivity contribution in [2.75, 3.05) is 18.0 Å². The molecule has 0 bridgehead atoms. The number of allylic oxidation sites excluding steroid dienone is 2. The van der Waals surface area contributed by atoms with E-state index in [1.54, 1.807) is 60.7 Å². The molecule has 1 aliphatic heterocycles. The molecular formula is C34H27N2O4+. The first-order valence-corrected chi connectivity index (χ1v) is 13.8. The van der Waals surface area contributed by atoms with Crippen LogP contribution in [0.15, 0.2) is 84.0 Å². The number of hydrogen-bond acceptors (Lipinski definition) is 5. The van der Waals surface area contributed by atoms with Gasteiger partial charge in [-0.05, 0) is 24.6 Å². The summed E-state index contributed by atoms with van der Waals surface area (Å²) >= 11 is 0. The zero-order valence-corrected chi connectivity index (χ0v) is 22.4. The maximum Gasteiger partial charge on any atom is 0.241 e. The van der Waals surface area contributed by atoms with E-state index in [2.05, 4.69) is 23.3 Å². The standard InChI is InChI=1S/C34H27N2O4/c1-3-17-35-25-15-13-24-28(34(40)22-12-8-6-10-20(22)32(24)38)30(25)36(18-4-2)26-16-14-23-27(29(26)35)33(39)21-11-7-5-9-19(21)31(23)37/h5-16,29H,3-4,17-18H2,1-2H3/q+1. The molecule has 7 rings (SSSR count). The molecule has 0 aromatic heterocycles. The van der Waals surface area contributed by atoms with Crippen LogP contribution in [0.4, 0.5) is 11.4 Å². The molecule has 0 N–H and O–H groups in total. The second-order valence-corrected chi connectivity index (χ2v) is 10.6. The van der Waals surface area contributed by atoms with Crippen molar-refractivity contribution in [1.29, 1.82) is 0 Å². The number of ketones is 4. The van der Waals surface area contributed by atoms with Crippen molar-refractivity contribution in [3.05, 3.63) is 117 Å². The van der Waals surface area contributed by atoms with E-state index in [1.807, 2.05) is 12.1 Å². The van der Waals surface area contributed by atoms with E-state index in [1.165, 1.54) is 0 Å². The topological polar surface area (TPSA) is 74.5 Å². The smallest absolute Gasteiger partial charge is 0.241 e. The lowest BCUT2D eigenvalue weighted by Gasteiger charge is -2.40. The molecule has 3 aromatic carbocycles. The van der Waals surface area contributed by atoms with Crippen LogP contribution in [0.3, 0.4) is 0 Å². The van der Waals surface area contributed by atoms with Gasteiger partial charge in [-0.2, -0.15) is 4.58 Å². The molecule has 6 nitrogen and oxygen atoms in total. The average molecular weight is 528 g/mol. The van der Waals surface area contributed by atoms with Crippen LogP contribution >= 0.6 is 0 Å². The average Bonchev–Trinajstić information content (AvgIpc) is 2.99. The summed E-state index contributed by atoms with van der Waals surface area (Å²) in [6.45, 7) is 5.32. The Bertz CT molecular complexity index is 1810. The Balaban J connectivity index is 1.51. The first-order chi connectivity index (χ1) is 19.5. The van der Waals surface area contributed by atoms with Crippen molar-refractivity contribution in [3.63, 3.8) is 0 Å². The summed E-state index contributed by atoms with van der Waals surface area (Å²) in [7, 11) is 0. The number of hydrogen-bond donors (Lipinski definition) is 0. The predicted octanol–water partition coefficient (Wildman–Crippen LogP) is 5.50. The zero-order valence-electron chi connectivity index (χ0n) is 22.4. The number of anilines is 1. The van der Waals surface area contributed by atoms with Gasteiger partial charge in [0.1, 0.15) is 23.8 Å². The van der Waals surface area contributed by atoms with E-state index in [-0.39, 0.29) is 23.1 Å². The van der Waals surface area contributed by atoms with Crippen LogP contribution in [-0.2, 0) is 0 Å². The minimum atomic E-state index is -0.483. The summed E-state index contributed by atoms with van der Waals surface area (Å²) in [6, 6.07) is 17.2. The zero-order chi connectivity index (χ0) is 27.7. The predicted molar refractivity (Wildman–Crippen MR) is 153 cm³/mol. The van der Waals surface area contributed by atoms with Crippen LogP contribution in [0.2, 0.25) is 0 Å². The highest BCUT2D eigenvalue weighted by molar-refractivity contribution is 6.33. The summed E-state index contributed by atoms with van der Waals surface area (Å²) in [5.41, 5.74) is 5.74. The normalized spacial score (nSPS) is 18.8. The first-order valence-electron chi connectivity index (χ1n) is 13.8. The van der Waals surface area contributed by atoms with Crippen molar-refractivity contribution in [1.82, 2.24) is 0 Å². The van der Waals surface area contributed by atoms with Crippen LogP contribution in [0, 0.1) is 0 Å². The Morgan fingerprint density at radius 1 is 0.675 bits per heavy atom. The number of rotatable bonds is 4. The van der Waals surface area contributed by atoms with Crippen molar-refractivity contribution in [2.45, 2.75) is 32.7 Å². The van der Waals surface area contributed by atoms with Gasteiger partial charge in [-0.3, -0.25) is 19.2 Å². The molecule has 6 heteroatoms. The minimum Gasteiger partial charge on any atom is -0.349 e. The third-order valence-electron chi connectivity index (χ3n) is 8.33. The molecule has 3 aromatic rings. The lowest BCUT2D eigenvalue weighted by Crippen LogP contribution is -2.53. The highest BCUT2D eigenvalue weighted by Crippen LogP contribution is 2.46. The summed E-state index contributed by atoms with van der Waals surface area (Å²) in [5, 5.41) is 0. The van der Waals surface area contributed by atoms with Crippen molar-refractivity contribution < 1.29 is 23.8 Å². The number of carbonyl (C=O) groups excluding carboxylic acids is 4. The molecule has 3 aliphatic carbocycles. The first kappa shape index (κ1) is 24.3. The number of nitrogens with zero attached hydrogens (tertiary/aromatic N) is 2. The fourth-order valence-electron chi connectivity index (χ4n) is 6.70. The van der Waals surface area contributed by atoms with Crippen molar-refractivity contribution in [3.8, 4) is 0 Å². The van der Waals surface area contributed by atoms with Crippen LogP contribution in [0.1, 0.15) is 79.2 Å². The highest BCUT2D eigenvalue weighted by atomic mass is 16.1. The minimum absolute atomic E-state index is 0.142. The van der Waals surface area contributed by atoms with Gasteiger partial charge < -0.3 is 4.90 Å². The van der Waals surface area contributed by atoms with Crippen LogP contribution in [0.25, 0.3) is 0 Å². The maximum atomic E-state index is 14.0. The number of fused-ring (bicyclic) bond motifs is 7. The SMILES string of the molecule is CCCN1c2ccc3c(c2[N+](CCC)=C2C=CC4=C(C(=O)c5ccccc5C4=O)C21)C(=O)c1ccccc1C3=O. The molecule has 0 radical (unpaired) electrons. The lowest BCUT2D eigenvalue weighted by atomic mass is 9.75. The van der Waals surface area contributed by atoms with E-state index >= 15 is 0 Å². The summed E-state index contributed by atoms with van der Waals surface area (Å²) in [5.74, 6) is -0.618. The Hall–Kier alpha value is -4.71. The Kier molecular flexibility index (Phi) is 5.42. The summed E-state index contributed by atoms with van der Waals surface area (Å²) < 4.78 is 2.10. The second kappa shape index (κ2) is 8.91. The number of carbonyl (C=O) groups is 4. The van der Waals surface area contributed by atoms with Gasteiger partial charge in [0.15, 0.2) is 17.3 Å². The molecule has 0 saturated carbocycles. The molecule has 1 atom stereocenters. The third kappa shape index (κ3) is 3.13. The molecule has 0 fully saturated rings. The van der Waals surface area contributed by atoms with E-state index in [9.17, 15) is 19.2 Å². The van der Waals surface area contributed by atoms with E-state index < -0.39 is 6.04 Å². The van der Waals surface area contributed by atoms with E-state index in [4.69, 9.17) is 0 Å². The lowest BCUT2D eigenvalue weighted by molar-refractivity contribution is -0.442. The molecule has 1 unspecified atom stereocenters. The van der Waals surface area contributed by atoms with Crippen molar-refractivity contribution >= 4 is 40.2 Å². The number of Topliss-reactive ketones (excluding diaryl/α,β-unsaturated/α-hetero) is 2.